The number of halogens is 2. The molecule has 0 saturated heterocycles. The van der Waals surface area contributed by atoms with Crippen molar-refractivity contribution in [2.24, 2.45) is 0 Å². The lowest BCUT2D eigenvalue weighted by Gasteiger charge is -2.10. The first-order valence-electron chi connectivity index (χ1n) is 8.66. The van der Waals surface area contributed by atoms with E-state index in [0.29, 0.717) is 36.2 Å². The number of nitrogens with one attached hydrogen (secondary N) is 1. The van der Waals surface area contributed by atoms with Gasteiger partial charge in [0, 0.05) is 35.3 Å². The van der Waals surface area contributed by atoms with Crippen molar-refractivity contribution >= 4 is 24.0 Å². The average Bonchev–Trinajstić information content (AvgIpc) is 3.03. The van der Waals surface area contributed by atoms with Crippen LogP contribution in [0.25, 0.3) is 11.4 Å². The van der Waals surface area contributed by atoms with Gasteiger partial charge < -0.3 is 15.2 Å². The van der Waals surface area contributed by atoms with E-state index in [9.17, 15) is 9.50 Å². The quantitative estimate of drug-likeness (QED) is 0.620. The molecule has 3 rings (SSSR count). The summed E-state index contributed by atoms with van der Waals surface area (Å²) in [5.41, 5.74) is 2.16. The normalized spacial score (nSPS) is 11.6. The Morgan fingerprint density at radius 2 is 2.07 bits per heavy atom. The maximum Gasteiger partial charge on any atom is 0.247 e. The molecule has 1 aromatic carbocycles. The van der Waals surface area contributed by atoms with Gasteiger partial charge in [-0.2, -0.15) is 4.98 Å². The van der Waals surface area contributed by atoms with Gasteiger partial charge >= 0.3 is 0 Å². The Balaban J connectivity index is 0.00000280. The minimum atomic E-state index is -0.546. The smallest absolute Gasteiger partial charge is 0.247 e. The SMILES string of the molecule is CC[C@H](O)Cn1nc(Nc2cc(F)cc(OC)c2)nc1-c1ccnc(C)c1.Cl. The molecule has 0 unspecified atom stereocenters. The molecule has 1 atom stereocenters. The Kier molecular flexibility index (Phi) is 7.31. The molecule has 3 aromatic rings. The predicted molar refractivity (Wildman–Crippen MR) is 108 cm³/mol. The molecular weight excluding hydrogens is 385 g/mol. The van der Waals surface area contributed by atoms with Crippen molar-refractivity contribution in [2.75, 3.05) is 12.4 Å². The van der Waals surface area contributed by atoms with Crippen LogP contribution in [0.15, 0.2) is 36.5 Å². The molecule has 0 aliphatic heterocycles. The summed E-state index contributed by atoms with van der Waals surface area (Å²) >= 11 is 0. The predicted octanol–water partition coefficient (Wildman–Crippen LogP) is 3.73. The van der Waals surface area contributed by atoms with Crippen LogP contribution >= 0.6 is 12.4 Å². The monoisotopic (exact) mass is 407 g/mol. The van der Waals surface area contributed by atoms with Crippen LogP contribution in [0.4, 0.5) is 16.0 Å². The summed E-state index contributed by atoms with van der Waals surface area (Å²) in [5, 5.41) is 17.5. The summed E-state index contributed by atoms with van der Waals surface area (Å²) in [7, 11) is 1.47. The number of nitrogens with zero attached hydrogens (tertiary/aromatic N) is 4. The molecule has 150 valence electrons. The van der Waals surface area contributed by atoms with Crippen molar-refractivity contribution in [3.8, 4) is 17.1 Å². The van der Waals surface area contributed by atoms with Gasteiger partial charge in [0.2, 0.25) is 5.95 Å². The van der Waals surface area contributed by atoms with Gasteiger partial charge in [-0.05, 0) is 31.5 Å². The van der Waals surface area contributed by atoms with Crippen molar-refractivity contribution < 1.29 is 14.2 Å². The van der Waals surface area contributed by atoms with Gasteiger partial charge in [-0.15, -0.1) is 17.5 Å². The Labute approximate surface area is 169 Å². The molecule has 7 nitrogen and oxygen atoms in total. The van der Waals surface area contributed by atoms with Crippen molar-refractivity contribution in [1.29, 1.82) is 0 Å². The highest BCUT2D eigenvalue weighted by molar-refractivity contribution is 5.85. The van der Waals surface area contributed by atoms with E-state index in [4.69, 9.17) is 4.74 Å². The number of rotatable bonds is 7. The largest absolute Gasteiger partial charge is 0.497 e. The highest BCUT2D eigenvalue weighted by atomic mass is 35.5. The van der Waals surface area contributed by atoms with Gasteiger partial charge in [0.05, 0.1) is 19.8 Å². The number of methoxy groups -OCH3 is 1. The fourth-order valence-corrected chi connectivity index (χ4v) is 2.63. The molecule has 0 aliphatic rings. The van der Waals surface area contributed by atoms with Crippen LogP contribution in [-0.2, 0) is 6.54 Å². The number of benzene rings is 1. The lowest BCUT2D eigenvalue weighted by atomic mass is 10.2. The van der Waals surface area contributed by atoms with Crippen molar-refractivity contribution in [1.82, 2.24) is 19.7 Å². The first-order chi connectivity index (χ1) is 13.0. The molecule has 9 heteroatoms. The van der Waals surface area contributed by atoms with Crippen LogP contribution < -0.4 is 10.1 Å². The summed E-state index contributed by atoms with van der Waals surface area (Å²) < 4.78 is 20.4. The van der Waals surface area contributed by atoms with Gasteiger partial charge in [0.1, 0.15) is 11.6 Å². The maximum atomic E-state index is 13.7. The lowest BCUT2D eigenvalue weighted by molar-refractivity contribution is 0.146. The fourth-order valence-electron chi connectivity index (χ4n) is 2.63. The second kappa shape index (κ2) is 9.48. The van der Waals surface area contributed by atoms with Gasteiger partial charge in [-0.3, -0.25) is 4.98 Å². The number of anilines is 2. The molecule has 2 N–H and O–H groups in total. The van der Waals surface area contributed by atoms with E-state index >= 15 is 0 Å². The number of aryl methyl sites for hydroxylation is 1. The topological polar surface area (TPSA) is 85.1 Å². The van der Waals surface area contributed by atoms with Crippen LogP contribution in [-0.4, -0.2) is 38.1 Å². The third-order valence-corrected chi connectivity index (χ3v) is 4.04. The third-order valence-electron chi connectivity index (χ3n) is 4.04. The molecule has 2 aromatic heterocycles. The summed E-state index contributed by atoms with van der Waals surface area (Å²) in [6, 6.07) is 8.01. The summed E-state index contributed by atoms with van der Waals surface area (Å²) in [6.45, 7) is 4.09. The van der Waals surface area contributed by atoms with Gasteiger partial charge in [0.25, 0.3) is 0 Å². The molecule has 0 radical (unpaired) electrons. The zero-order valence-electron chi connectivity index (χ0n) is 15.9. The van der Waals surface area contributed by atoms with Crippen molar-refractivity contribution in [2.45, 2.75) is 32.9 Å². The summed E-state index contributed by atoms with van der Waals surface area (Å²) in [4.78, 5) is 8.73. The van der Waals surface area contributed by atoms with Crippen LogP contribution in [0.1, 0.15) is 19.0 Å². The van der Waals surface area contributed by atoms with Crippen LogP contribution in [0, 0.1) is 12.7 Å². The number of aliphatic hydroxyl groups excluding tert-OH is 1. The van der Waals surface area contributed by atoms with Crippen LogP contribution in [0.2, 0.25) is 0 Å². The lowest BCUT2D eigenvalue weighted by Crippen LogP contribution is -2.16. The molecule has 2 heterocycles. The number of aromatic nitrogens is 4. The molecule has 0 spiro atoms. The second-order valence-corrected chi connectivity index (χ2v) is 6.19. The number of hydrogen-bond acceptors (Lipinski definition) is 6. The standard InChI is InChI=1S/C19H22FN5O2.ClH/c1-4-16(26)11-25-18(13-5-6-21-12(2)7-13)23-19(24-25)22-15-8-14(20)9-17(10-15)27-3;/h5-10,16,26H,4,11H2,1-3H3,(H,22,24);1H/t16-;/m0./s1. The maximum absolute atomic E-state index is 13.7. The summed E-state index contributed by atoms with van der Waals surface area (Å²) in [6.07, 6.45) is 1.75. The molecule has 0 amide bonds. The van der Waals surface area contributed by atoms with Crippen molar-refractivity contribution in [3.63, 3.8) is 0 Å². The Bertz CT molecular complexity index is 934. The Hall–Kier alpha value is -2.71. The van der Waals surface area contributed by atoms with E-state index in [2.05, 4.69) is 20.4 Å². The van der Waals surface area contributed by atoms with E-state index in [-0.39, 0.29) is 12.4 Å². The van der Waals surface area contributed by atoms with E-state index in [0.717, 1.165) is 11.3 Å². The van der Waals surface area contributed by atoms with E-state index in [1.165, 1.54) is 19.2 Å². The highest BCUT2D eigenvalue weighted by Crippen LogP contribution is 2.25. The molecule has 28 heavy (non-hydrogen) atoms. The van der Waals surface area contributed by atoms with Gasteiger partial charge in [-0.25, -0.2) is 9.07 Å². The van der Waals surface area contributed by atoms with Crippen molar-refractivity contribution in [3.05, 3.63) is 48.0 Å². The molecule has 0 saturated carbocycles. The number of hydrogen-bond donors (Lipinski definition) is 2. The van der Waals surface area contributed by atoms with Crippen LogP contribution in [0.5, 0.6) is 5.75 Å². The molecule has 0 bridgehead atoms. The third kappa shape index (κ3) is 5.17. The number of aliphatic hydroxyl groups is 1. The Morgan fingerprint density at radius 1 is 1.29 bits per heavy atom. The molecule has 0 fully saturated rings. The summed E-state index contributed by atoms with van der Waals surface area (Å²) in [5.74, 6) is 0.861. The van der Waals surface area contributed by atoms with E-state index < -0.39 is 11.9 Å². The number of pyridine rings is 1. The zero-order chi connectivity index (χ0) is 19.4. The first-order valence-corrected chi connectivity index (χ1v) is 8.66. The first kappa shape index (κ1) is 21.6. The average molecular weight is 408 g/mol. The molecule has 0 aliphatic carbocycles. The Morgan fingerprint density at radius 3 is 2.75 bits per heavy atom. The minimum Gasteiger partial charge on any atom is -0.497 e. The number of ether oxygens (including phenoxy) is 1. The van der Waals surface area contributed by atoms with Gasteiger partial charge in [-0.1, -0.05) is 6.92 Å². The highest BCUT2D eigenvalue weighted by Gasteiger charge is 2.15. The van der Waals surface area contributed by atoms with E-state index in [1.807, 2.05) is 26.0 Å². The van der Waals surface area contributed by atoms with Gasteiger partial charge in [0.15, 0.2) is 5.82 Å². The van der Waals surface area contributed by atoms with E-state index in [1.54, 1.807) is 16.9 Å². The van der Waals surface area contributed by atoms with Crippen LogP contribution in [0.3, 0.4) is 0 Å². The minimum absolute atomic E-state index is 0. The zero-order valence-corrected chi connectivity index (χ0v) is 16.7. The molecular formula is C19H23ClFN5O2. The second-order valence-electron chi connectivity index (χ2n) is 6.19. The fraction of sp³-hybridized carbons (Fsp3) is 0.316.